The van der Waals surface area contributed by atoms with E-state index in [-0.39, 0.29) is 0 Å². The summed E-state index contributed by atoms with van der Waals surface area (Å²) in [5.74, 6) is -0.802. The Morgan fingerprint density at radius 2 is 2.43 bits per heavy atom. The monoisotopic (exact) mass is 215 g/mol. The Bertz CT molecular complexity index is 332. The number of nitrogens with zero attached hydrogens (tertiary/aromatic N) is 1. The molecule has 1 unspecified atom stereocenters. The largest absolute Gasteiger partial charge is 0.480 e. The molecular weight excluding hydrogens is 205 g/mol. The second kappa shape index (κ2) is 4.95. The van der Waals surface area contributed by atoms with Crippen LogP contribution >= 0.6 is 11.8 Å². The van der Waals surface area contributed by atoms with E-state index in [1.54, 1.807) is 6.92 Å². The summed E-state index contributed by atoms with van der Waals surface area (Å²) >= 11 is 1.24. The number of hydrogen-bond donors (Lipinski definition) is 1. The zero-order chi connectivity index (χ0) is 10.6. The predicted octanol–water partition coefficient (Wildman–Crippen LogP) is 1.93. The average Bonchev–Trinajstić information content (AvgIpc) is 2.14. The van der Waals surface area contributed by atoms with Crippen molar-refractivity contribution < 1.29 is 14.3 Å². The molecule has 1 N–H and O–H groups in total. The number of aromatic nitrogens is 1. The van der Waals surface area contributed by atoms with Gasteiger partial charge in [-0.05, 0) is 18.6 Å². The Labute approximate surface area is 85.4 Å². The average molecular weight is 215 g/mol. The van der Waals surface area contributed by atoms with Crippen LogP contribution in [0.1, 0.15) is 12.5 Å². The Kier molecular flexibility index (Phi) is 3.88. The maximum absolute atomic E-state index is 12.7. The highest BCUT2D eigenvalue weighted by atomic mass is 32.2. The van der Waals surface area contributed by atoms with Crippen LogP contribution in [-0.2, 0) is 10.5 Å². The van der Waals surface area contributed by atoms with Crippen LogP contribution in [0.25, 0.3) is 0 Å². The summed E-state index contributed by atoms with van der Waals surface area (Å²) in [4.78, 5) is 14.1. The Hall–Kier alpha value is -1.10. The van der Waals surface area contributed by atoms with Gasteiger partial charge in [0.15, 0.2) is 0 Å². The maximum Gasteiger partial charge on any atom is 0.316 e. The van der Waals surface area contributed by atoms with Gasteiger partial charge in [-0.25, -0.2) is 4.39 Å². The molecule has 0 amide bonds. The van der Waals surface area contributed by atoms with E-state index < -0.39 is 17.0 Å². The fourth-order valence-electron chi connectivity index (χ4n) is 0.827. The number of halogens is 1. The van der Waals surface area contributed by atoms with Crippen molar-refractivity contribution in [2.24, 2.45) is 0 Å². The molecule has 0 bridgehead atoms. The summed E-state index contributed by atoms with van der Waals surface area (Å²) in [5, 5.41) is 8.12. The minimum absolute atomic E-state index is 0.397. The third-order valence-electron chi connectivity index (χ3n) is 1.61. The summed E-state index contributed by atoms with van der Waals surface area (Å²) in [5.41, 5.74) is 0.697. The zero-order valence-corrected chi connectivity index (χ0v) is 8.42. The highest BCUT2D eigenvalue weighted by Crippen LogP contribution is 2.17. The minimum atomic E-state index is -0.862. The molecule has 0 spiro atoms. The summed E-state index contributed by atoms with van der Waals surface area (Å²) in [6.45, 7) is 1.60. The Balaban J connectivity index is 2.49. The molecule has 1 rings (SSSR count). The summed E-state index contributed by atoms with van der Waals surface area (Å²) in [6.07, 6.45) is 2.65. The molecule has 1 atom stereocenters. The predicted molar refractivity (Wildman–Crippen MR) is 52.6 cm³/mol. The lowest BCUT2D eigenvalue weighted by molar-refractivity contribution is -0.136. The van der Waals surface area contributed by atoms with Gasteiger partial charge < -0.3 is 5.11 Å². The van der Waals surface area contributed by atoms with Crippen LogP contribution in [0.5, 0.6) is 0 Å². The third kappa shape index (κ3) is 3.33. The van der Waals surface area contributed by atoms with E-state index in [1.807, 2.05) is 0 Å². The first-order chi connectivity index (χ1) is 6.59. The molecule has 0 radical (unpaired) electrons. The van der Waals surface area contributed by atoms with Crippen molar-refractivity contribution in [2.75, 3.05) is 0 Å². The number of aliphatic carboxylic acids is 1. The zero-order valence-electron chi connectivity index (χ0n) is 7.61. The second-order valence-electron chi connectivity index (χ2n) is 2.80. The Morgan fingerprint density at radius 1 is 1.71 bits per heavy atom. The molecule has 1 heterocycles. The lowest BCUT2D eigenvalue weighted by atomic mass is 10.3. The highest BCUT2D eigenvalue weighted by molar-refractivity contribution is 7.99. The van der Waals surface area contributed by atoms with E-state index in [9.17, 15) is 9.18 Å². The lowest BCUT2D eigenvalue weighted by Crippen LogP contribution is -2.11. The molecule has 76 valence electrons. The van der Waals surface area contributed by atoms with E-state index in [1.165, 1.54) is 24.0 Å². The first kappa shape index (κ1) is 11.0. The van der Waals surface area contributed by atoms with E-state index in [4.69, 9.17) is 5.11 Å². The number of pyridine rings is 1. The van der Waals surface area contributed by atoms with Gasteiger partial charge in [0.05, 0.1) is 11.4 Å². The van der Waals surface area contributed by atoms with Gasteiger partial charge in [-0.1, -0.05) is 0 Å². The van der Waals surface area contributed by atoms with E-state index in [0.29, 0.717) is 11.3 Å². The third-order valence-corrected chi connectivity index (χ3v) is 2.81. The van der Waals surface area contributed by atoms with Crippen LogP contribution in [0.4, 0.5) is 4.39 Å². The minimum Gasteiger partial charge on any atom is -0.480 e. The fraction of sp³-hybridized carbons (Fsp3) is 0.333. The van der Waals surface area contributed by atoms with Gasteiger partial charge in [-0.2, -0.15) is 0 Å². The van der Waals surface area contributed by atoms with E-state index in [2.05, 4.69) is 4.98 Å². The molecular formula is C9H10FNO2S. The molecule has 3 nitrogen and oxygen atoms in total. The van der Waals surface area contributed by atoms with Gasteiger partial charge in [-0.15, -0.1) is 11.8 Å². The number of hydrogen-bond acceptors (Lipinski definition) is 3. The van der Waals surface area contributed by atoms with Gasteiger partial charge >= 0.3 is 5.97 Å². The van der Waals surface area contributed by atoms with Crippen LogP contribution in [0.3, 0.4) is 0 Å². The molecule has 1 aromatic heterocycles. The van der Waals surface area contributed by atoms with Crippen LogP contribution in [0, 0.1) is 5.82 Å². The lowest BCUT2D eigenvalue weighted by Gasteiger charge is -2.05. The number of rotatable bonds is 4. The SMILES string of the molecule is CC(SCc1cncc(F)c1)C(=O)O. The van der Waals surface area contributed by atoms with Gasteiger partial charge in [0.1, 0.15) is 5.82 Å². The molecule has 0 saturated carbocycles. The van der Waals surface area contributed by atoms with Gasteiger partial charge in [-0.3, -0.25) is 9.78 Å². The van der Waals surface area contributed by atoms with Crippen molar-refractivity contribution in [3.05, 3.63) is 29.8 Å². The molecule has 1 aromatic rings. The molecule has 0 aromatic carbocycles. The second-order valence-corrected chi connectivity index (χ2v) is 4.13. The standard InChI is InChI=1S/C9H10FNO2S/c1-6(9(12)13)14-5-7-2-8(10)4-11-3-7/h2-4,6H,5H2,1H3,(H,12,13). The first-order valence-electron chi connectivity index (χ1n) is 4.03. The fourth-order valence-corrected chi connectivity index (χ4v) is 1.57. The molecule has 0 fully saturated rings. The van der Waals surface area contributed by atoms with Crippen LogP contribution in [0.2, 0.25) is 0 Å². The van der Waals surface area contributed by atoms with Gasteiger partial charge in [0.2, 0.25) is 0 Å². The smallest absolute Gasteiger partial charge is 0.316 e. The number of thioether (sulfide) groups is 1. The van der Waals surface area contributed by atoms with Crippen molar-refractivity contribution in [3.63, 3.8) is 0 Å². The van der Waals surface area contributed by atoms with Crippen LogP contribution in [0.15, 0.2) is 18.5 Å². The molecule has 14 heavy (non-hydrogen) atoms. The number of carbonyl (C=O) groups is 1. The molecule has 0 aliphatic rings. The first-order valence-corrected chi connectivity index (χ1v) is 5.08. The topological polar surface area (TPSA) is 50.2 Å². The van der Waals surface area contributed by atoms with Crippen LogP contribution in [-0.4, -0.2) is 21.3 Å². The van der Waals surface area contributed by atoms with Crippen molar-refractivity contribution in [2.45, 2.75) is 17.9 Å². The van der Waals surface area contributed by atoms with Crippen molar-refractivity contribution in [3.8, 4) is 0 Å². The molecule has 0 aliphatic carbocycles. The van der Waals surface area contributed by atoms with Gasteiger partial charge in [0, 0.05) is 11.9 Å². The summed E-state index contributed by atoms with van der Waals surface area (Å²) < 4.78 is 12.7. The summed E-state index contributed by atoms with van der Waals surface area (Å²) in [7, 11) is 0. The number of carboxylic acids is 1. The normalized spacial score (nSPS) is 12.4. The highest BCUT2D eigenvalue weighted by Gasteiger charge is 2.11. The van der Waals surface area contributed by atoms with E-state index in [0.717, 1.165) is 6.20 Å². The van der Waals surface area contributed by atoms with Gasteiger partial charge in [0.25, 0.3) is 0 Å². The van der Waals surface area contributed by atoms with Crippen molar-refractivity contribution in [1.29, 1.82) is 0 Å². The van der Waals surface area contributed by atoms with Crippen LogP contribution < -0.4 is 0 Å². The van der Waals surface area contributed by atoms with Crippen molar-refractivity contribution in [1.82, 2.24) is 4.98 Å². The molecule has 5 heteroatoms. The summed E-state index contributed by atoms with van der Waals surface area (Å²) in [6, 6.07) is 1.36. The maximum atomic E-state index is 12.7. The van der Waals surface area contributed by atoms with Crippen molar-refractivity contribution >= 4 is 17.7 Å². The quantitative estimate of drug-likeness (QED) is 0.833. The molecule has 0 saturated heterocycles. The Morgan fingerprint density at radius 3 is 3.00 bits per heavy atom. The van der Waals surface area contributed by atoms with E-state index >= 15 is 0 Å². The molecule has 0 aliphatic heterocycles. The number of carboxylic acid groups (broad SMARTS) is 1.